The molecular weight excluding hydrogens is 359 g/mol. The van der Waals surface area contributed by atoms with Crippen LogP contribution in [0.25, 0.3) is 0 Å². The molecule has 1 atom stereocenters. The highest BCUT2D eigenvalue weighted by molar-refractivity contribution is 9.10. The van der Waals surface area contributed by atoms with Crippen molar-refractivity contribution in [3.8, 4) is 0 Å². The molecule has 0 amide bonds. The molecule has 0 aliphatic heterocycles. The minimum absolute atomic E-state index is 0.349. The first-order chi connectivity index (χ1) is 9.90. The van der Waals surface area contributed by atoms with Gasteiger partial charge >= 0.3 is 0 Å². The van der Waals surface area contributed by atoms with Crippen LogP contribution < -0.4 is 5.73 Å². The number of rotatable bonds is 5. The van der Waals surface area contributed by atoms with Crippen molar-refractivity contribution < 1.29 is 4.39 Å². The van der Waals surface area contributed by atoms with Gasteiger partial charge in [-0.25, -0.2) is 4.39 Å². The molecule has 0 fully saturated rings. The summed E-state index contributed by atoms with van der Waals surface area (Å²) in [5.74, 6) is -0.349. The molecule has 1 unspecified atom stereocenters. The Morgan fingerprint density at radius 1 is 1.48 bits per heavy atom. The lowest BCUT2D eigenvalue weighted by molar-refractivity contribution is 0.368. The molecule has 2 N–H and O–H groups in total. The molecule has 0 aliphatic carbocycles. The SMILES string of the molecule is CN(C)CCn1ncc(Cl)c1C(N)c1ccc(Br)c(F)c1. The lowest BCUT2D eigenvalue weighted by atomic mass is 10.0. The van der Waals surface area contributed by atoms with Crippen molar-refractivity contribution >= 4 is 27.5 Å². The molecule has 0 aliphatic rings. The predicted molar refractivity (Wildman–Crippen MR) is 85.9 cm³/mol. The number of hydrogen-bond donors (Lipinski definition) is 1. The van der Waals surface area contributed by atoms with Gasteiger partial charge in [0.25, 0.3) is 0 Å². The number of nitrogens with two attached hydrogens (primary N) is 1. The Kier molecular flexibility index (Phi) is 5.37. The third kappa shape index (κ3) is 3.83. The van der Waals surface area contributed by atoms with Crippen molar-refractivity contribution in [1.82, 2.24) is 14.7 Å². The van der Waals surface area contributed by atoms with E-state index in [2.05, 4.69) is 21.0 Å². The standard InChI is InChI=1S/C14H17BrClFN4/c1-20(2)5-6-21-14(11(16)8-19-21)13(18)9-3-4-10(15)12(17)7-9/h3-4,7-8,13H,5-6,18H2,1-2H3. The van der Waals surface area contributed by atoms with E-state index in [0.717, 1.165) is 6.54 Å². The van der Waals surface area contributed by atoms with Gasteiger partial charge in [-0.05, 0) is 47.7 Å². The highest BCUT2D eigenvalue weighted by Crippen LogP contribution is 2.28. The highest BCUT2D eigenvalue weighted by Gasteiger charge is 2.19. The molecule has 1 heterocycles. The summed E-state index contributed by atoms with van der Waals surface area (Å²) in [6, 6.07) is 4.30. The maximum atomic E-state index is 13.7. The van der Waals surface area contributed by atoms with E-state index in [1.54, 1.807) is 23.0 Å². The smallest absolute Gasteiger partial charge is 0.137 e. The lowest BCUT2D eigenvalue weighted by Crippen LogP contribution is -2.23. The molecule has 2 rings (SSSR count). The third-order valence-corrected chi connectivity index (χ3v) is 4.12. The van der Waals surface area contributed by atoms with Crippen LogP contribution in [0.3, 0.4) is 0 Å². The molecule has 114 valence electrons. The molecule has 1 aromatic carbocycles. The molecule has 0 radical (unpaired) electrons. The highest BCUT2D eigenvalue weighted by atomic mass is 79.9. The Morgan fingerprint density at radius 3 is 2.81 bits per heavy atom. The number of benzene rings is 1. The first kappa shape index (κ1) is 16.4. The minimum atomic E-state index is -0.523. The van der Waals surface area contributed by atoms with Crippen LogP contribution in [0.1, 0.15) is 17.3 Å². The molecule has 4 nitrogen and oxygen atoms in total. The van der Waals surface area contributed by atoms with Crippen molar-refractivity contribution in [3.05, 3.63) is 51.0 Å². The number of likely N-dealkylation sites (N-methyl/N-ethyl adjacent to an activating group) is 1. The number of aromatic nitrogens is 2. The summed E-state index contributed by atoms with van der Waals surface area (Å²) < 4.78 is 15.9. The monoisotopic (exact) mass is 374 g/mol. The second-order valence-electron chi connectivity index (χ2n) is 5.06. The largest absolute Gasteiger partial charge is 0.319 e. The average Bonchev–Trinajstić information content (AvgIpc) is 2.80. The number of halogens is 3. The summed E-state index contributed by atoms with van der Waals surface area (Å²) in [4.78, 5) is 2.05. The lowest BCUT2D eigenvalue weighted by Gasteiger charge is -2.17. The van der Waals surface area contributed by atoms with E-state index in [9.17, 15) is 4.39 Å². The normalized spacial score (nSPS) is 12.9. The zero-order valence-electron chi connectivity index (χ0n) is 11.9. The predicted octanol–water partition coefficient (Wildman–Crippen LogP) is 3.05. The summed E-state index contributed by atoms with van der Waals surface area (Å²) in [6.07, 6.45) is 1.57. The van der Waals surface area contributed by atoms with Crippen LogP contribution in [0.2, 0.25) is 5.02 Å². The van der Waals surface area contributed by atoms with Gasteiger partial charge in [0.15, 0.2) is 0 Å². The van der Waals surface area contributed by atoms with Crippen LogP contribution in [0.4, 0.5) is 4.39 Å². The fourth-order valence-corrected chi connectivity index (χ4v) is 2.52. The van der Waals surface area contributed by atoms with Gasteiger partial charge in [0.2, 0.25) is 0 Å². The maximum absolute atomic E-state index is 13.7. The molecule has 7 heteroatoms. The Balaban J connectivity index is 2.31. The van der Waals surface area contributed by atoms with Crippen molar-refractivity contribution in [3.63, 3.8) is 0 Å². The average molecular weight is 376 g/mol. The summed E-state index contributed by atoms with van der Waals surface area (Å²) in [7, 11) is 3.96. The van der Waals surface area contributed by atoms with E-state index in [1.165, 1.54) is 6.07 Å². The molecular formula is C14H17BrClFN4. The van der Waals surface area contributed by atoms with Crippen molar-refractivity contribution in [2.45, 2.75) is 12.6 Å². The topological polar surface area (TPSA) is 47.1 Å². The van der Waals surface area contributed by atoms with E-state index in [1.807, 2.05) is 19.0 Å². The molecule has 1 aromatic heterocycles. The maximum Gasteiger partial charge on any atom is 0.137 e. The molecule has 0 spiro atoms. The Hall–Kier alpha value is -0.950. The third-order valence-electron chi connectivity index (χ3n) is 3.19. The van der Waals surface area contributed by atoms with Crippen LogP contribution in [0.15, 0.2) is 28.9 Å². The number of nitrogens with zero attached hydrogens (tertiary/aromatic N) is 3. The van der Waals surface area contributed by atoms with Gasteiger partial charge in [0.05, 0.1) is 34.0 Å². The van der Waals surface area contributed by atoms with Gasteiger partial charge < -0.3 is 10.6 Å². The first-order valence-electron chi connectivity index (χ1n) is 6.46. The second kappa shape index (κ2) is 6.87. The van der Waals surface area contributed by atoms with Gasteiger partial charge in [-0.15, -0.1) is 0 Å². The van der Waals surface area contributed by atoms with Gasteiger partial charge in [0, 0.05) is 6.54 Å². The molecule has 2 aromatic rings. The van der Waals surface area contributed by atoms with Crippen LogP contribution in [-0.2, 0) is 6.54 Å². The summed E-state index contributed by atoms with van der Waals surface area (Å²) in [5.41, 5.74) is 7.60. The summed E-state index contributed by atoms with van der Waals surface area (Å²) in [6.45, 7) is 1.48. The van der Waals surface area contributed by atoms with E-state index in [-0.39, 0.29) is 5.82 Å². The van der Waals surface area contributed by atoms with Crippen LogP contribution in [0, 0.1) is 5.82 Å². The fraction of sp³-hybridized carbons (Fsp3) is 0.357. The number of hydrogen-bond acceptors (Lipinski definition) is 3. The van der Waals surface area contributed by atoms with Gasteiger partial charge in [-0.2, -0.15) is 5.10 Å². The zero-order chi connectivity index (χ0) is 15.6. The Bertz CT molecular complexity index is 629. The molecule has 0 saturated carbocycles. The fourth-order valence-electron chi connectivity index (χ4n) is 2.02. The van der Waals surface area contributed by atoms with E-state index in [4.69, 9.17) is 17.3 Å². The minimum Gasteiger partial charge on any atom is -0.319 e. The quantitative estimate of drug-likeness (QED) is 0.874. The second-order valence-corrected chi connectivity index (χ2v) is 6.32. The first-order valence-corrected chi connectivity index (χ1v) is 7.63. The van der Waals surface area contributed by atoms with Crippen LogP contribution in [-0.4, -0.2) is 35.3 Å². The van der Waals surface area contributed by atoms with Crippen LogP contribution >= 0.6 is 27.5 Å². The van der Waals surface area contributed by atoms with Crippen LogP contribution in [0.5, 0.6) is 0 Å². The van der Waals surface area contributed by atoms with Gasteiger partial charge in [-0.3, -0.25) is 4.68 Å². The van der Waals surface area contributed by atoms with E-state index < -0.39 is 6.04 Å². The Labute approximate surface area is 136 Å². The van der Waals surface area contributed by atoms with Crippen molar-refractivity contribution in [2.75, 3.05) is 20.6 Å². The zero-order valence-corrected chi connectivity index (χ0v) is 14.2. The molecule has 21 heavy (non-hydrogen) atoms. The molecule has 0 bridgehead atoms. The summed E-state index contributed by atoms with van der Waals surface area (Å²) in [5, 5.41) is 4.74. The van der Waals surface area contributed by atoms with E-state index >= 15 is 0 Å². The Morgan fingerprint density at radius 2 is 2.19 bits per heavy atom. The van der Waals surface area contributed by atoms with Gasteiger partial charge in [0.1, 0.15) is 5.82 Å². The van der Waals surface area contributed by atoms with Gasteiger partial charge in [-0.1, -0.05) is 17.7 Å². The van der Waals surface area contributed by atoms with Crippen molar-refractivity contribution in [1.29, 1.82) is 0 Å². The van der Waals surface area contributed by atoms with E-state index in [0.29, 0.717) is 27.3 Å². The summed E-state index contributed by atoms with van der Waals surface area (Å²) >= 11 is 9.33. The van der Waals surface area contributed by atoms with Crippen molar-refractivity contribution in [2.24, 2.45) is 5.73 Å². The molecule has 0 saturated heterocycles.